The Bertz CT molecular complexity index is 616. The van der Waals surface area contributed by atoms with Crippen molar-refractivity contribution in [2.45, 2.75) is 6.42 Å². The van der Waals surface area contributed by atoms with Crippen molar-refractivity contribution in [1.82, 2.24) is 0 Å². The lowest BCUT2D eigenvalue weighted by molar-refractivity contribution is 0.0301. The molecular weight excluding hydrogens is 318 g/mol. The first kappa shape index (κ1) is 19.2. The van der Waals surface area contributed by atoms with E-state index in [1.165, 1.54) is 6.07 Å². The summed E-state index contributed by atoms with van der Waals surface area (Å²) in [6.07, 6.45) is -0.369. The van der Waals surface area contributed by atoms with Gasteiger partial charge in [0, 0.05) is 16.2 Å². The molecule has 0 saturated heterocycles. The molecule has 0 radical (unpaired) electrons. The molecule has 10 heteroatoms. The second-order valence-electron chi connectivity index (χ2n) is 4.54. The number of carbonyl (C=O) groups is 2. The molecule has 1 rings (SSSR count). The summed E-state index contributed by atoms with van der Waals surface area (Å²) in [6.45, 7) is 1.37. The van der Waals surface area contributed by atoms with Gasteiger partial charge in [0.15, 0.2) is 0 Å². The zero-order valence-corrected chi connectivity index (χ0v) is 13.0. The van der Waals surface area contributed by atoms with Crippen LogP contribution in [0.25, 0.3) is 10.4 Å². The molecule has 0 fully saturated rings. The molecule has 0 spiro atoms. The number of rotatable bonds is 11. The molecule has 2 amide bonds. The van der Waals surface area contributed by atoms with Crippen molar-refractivity contribution < 1.29 is 23.8 Å². The number of hydrogen-bond donors (Lipinski definition) is 2. The van der Waals surface area contributed by atoms with Crippen LogP contribution in [-0.4, -0.2) is 45.0 Å². The standard InChI is InChI=1S/C14H19N5O5/c15-13(20)12-9-11(18-19-17)2-1-10(12)3-4-22-5-6-23-7-8-24-14(16)21/h1-2,9H,3-8H2,(H2,15,20)(H2,16,21). The van der Waals surface area contributed by atoms with Gasteiger partial charge in [-0.25, -0.2) is 4.79 Å². The van der Waals surface area contributed by atoms with Gasteiger partial charge < -0.3 is 25.7 Å². The molecule has 130 valence electrons. The monoisotopic (exact) mass is 337 g/mol. The van der Waals surface area contributed by atoms with Crippen molar-refractivity contribution >= 4 is 17.7 Å². The lowest BCUT2D eigenvalue weighted by atomic mass is 10.0. The van der Waals surface area contributed by atoms with Crippen LogP contribution in [-0.2, 0) is 20.6 Å². The average Bonchev–Trinajstić information content (AvgIpc) is 2.54. The number of carbonyl (C=O) groups excluding carboxylic acids is 2. The molecule has 1 aromatic rings. The summed E-state index contributed by atoms with van der Waals surface area (Å²) in [7, 11) is 0. The van der Waals surface area contributed by atoms with Crippen LogP contribution in [0.5, 0.6) is 0 Å². The SMILES string of the molecule is [N-]=[N+]=Nc1ccc(CCOCCOCCOC(N)=O)c(C(N)=O)c1. The molecule has 4 N–H and O–H groups in total. The summed E-state index contributed by atoms with van der Waals surface area (Å²) in [5.41, 5.74) is 19.8. The van der Waals surface area contributed by atoms with Gasteiger partial charge in [-0.1, -0.05) is 17.2 Å². The van der Waals surface area contributed by atoms with Gasteiger partial charge in [-0.3, -0.25) is 4.79 Å². The maximum absolute atomic E-state index is 11.4. The van der Waals surface area contributed by atoms with E-state index in [2.05, 4.69) is 14.8 Å². The van der Waals surface area contributed by atoms with Crippen molar-refractivity contribution in [3.05, 3.63) is 39.8 Å². The number of primary amides is 2. The van der Waals surface area contributed by atoms with Crippen LogP contribution in [0.15, 0.2) is 23.3 Å². The lowest BCUT2D eigenvalue weighted by Gasteiger charge is -2.09. The Morgan fingerprint density at radius 3 is 2.38 bits per heavy atom. The van der Waals surface area contributed by atoms with E-state index in [9.17, 15) is 9.59 Å². The summed E-state index contributed by atoms with van der Waals surface area (Å²) in [5, 5.41) is 3.43. The molecule has 0 aliphatic rings. The fourth-order valence-electron chi connectivity index (χ4n) is 1.83. The third kappa shape index (κ3) is 7.45. The van der Waals surface area contributed by atoms with Crippen LogP contribution in [0, 0.1) is 0 Å². The van der Waals surface area contributed by atoms with Crippen LogP contribution >= 0.6 is 0 Å². The molecule has 0 aliphatic carbocycles. The van der Waals surface area contributed by atoms with Crippen molar-refractivity contribution in [1.29, 1.82) is 0 Å². The molecule has 0 heterocycles. The van der Waals surface area contributed by atoms with Gasteiger partial charge in [0.05, 0.1) is 26.4 Å². The minimum Gasteiger partial charge on any atom is -0.447 e. The van der Waals surface area contributed by atoms with Gasteiger partial charge >= 0.3 is 6.09 Å². The highest BCUT2D eigenvalue weighted by atomic mass is 16.6. The summed E-state index contributed by atoms with van der Waals surface area (Å²) in [4.78, 5) is 24.4. The van der Waals surface area contributed by atoms with Gasteiger partial charge in [0.25, 0.3) is 0 Å². The molecule has 1 aromatic carbocycles. The minimum absolute atomic E-state index is 0.0921. The van der Waals surface area contributed by atoms with Crippen LogP contribution in [0.4, 0.5) is 10.5 Å². The van der Waals surface area contributed by atoms with E-state index in [1.54, 1.807) is 12.1 Å². The van der Waals surface area contributed by atoms with Crippen molar-refractivity contribution in [2.24, 2.45) is 16.6 Å². The number of ether oxygens (including phenoxy) is 3. The Morgan fingerprint density at radius 1 is 1.08 bits per heavy atom. The summed E-state index contributed by atoms with van der Waals surface area (Å²) in [5.74, 6) is -0.599. The fourth-order valence-corrected chi connectivity index (χ4v) is 1.83. The van der Waals surface area contributed by atoms with E-state index in [0.29, 0.717) is 43.1 Å². The quantitative estimate of drug-likeness (QED) is 0.269. The zero-order valence-electron chi connectivity index (χ0n) is 13.0. The van der Waals surface area contributed by atoms with E-state index >= 15 is 0 Å². The first-order valence-electron chi connectivity index (χ1n) is 7.10. The topological polar surface area (TPSA) is 163 Å². The number of nitrogens with two attached hydrogens (primary N) is 2. The van der Waals surface area contributed by atoms with E-state index in [-0.39, 0.29) is 13.2 Å². The maximum atomic E-state index is 11.4. The molecule has 0 unspecified atom stereocenters. The Balaban J connectivity index is 2.31. The van der Waals surface area contributed by atoms with Crippen molar-refractivity contribution in [3.8, 4) is 0 Å². The van der Waals surface area contributed by atoms with Crippen LogP contribution in [0.2, 0.25) is 0 Å². The summed E-state index contributed by atoms with van der Waals surface area (Å²) in [6, 6.07) is 4.72. The second-order valence-corrected chi connectivity index (χ2v) is 4.54. The molecular formula is C14H19N5O5. The first-order valence-corrected chi connectivity index (χ1v) is 7.10. The first-order chi connectivity index (χ1) is 11.5. The van der Waals surface area contributed by atoms with E-state index in [4.69, 9.17) is 26.5 Å². The number of nitrogens with zero attached hydrogens (tertiary/aromatic N) is 3. The third-order valence-electron chi connectivity index (χ3n) is 2.88. The molecule has 0 saturated carbocycles. The Hall–Kier alpha value is -2.81. The predicted molar refractivity (Wildman–Crippen MR) is 84.6 cm³/mol. The van der Waals surface area contributed by atoms with Gasteiger partial charge in [0.1, 0.15) is 6.61 Å². The number of azide groups is 1. The van der Waals surface area contributed by atoms with Crippen molar-refractivity contribution in [3.63, 3.8) is 0 Å². The molecule has 24 heavy (non-hydrogen) atoms. The minimum atomic E-state index is -0.841. The molecule has 10 nitrogen and oxygen atoms in total. The average molecular weight is 337 g/mol. The smallest absolute Gasteiger partial charge is 0.404 e. The molecule has 0 atom stereocenters. The van der Waals surface area contributed by atoms with E-state index < -0.39 is 12.0 Å². The van der Waals surface area contributed by atoms with Crippen LogP contribution in [0.1, 0.15) is 15.9 Å². The largest absolute Gasteiger partial charge is 0.447 e. The highest BCUT2D eigenvalue weighted by Gasteiger charge is 2.09. The summed E-state index contributed by atoms with van der Waals surface area (Å²) >= 11 is 0. The zero-order chi connectivity index (χ0) is 17.8. The highest BCUT2D eigenvalue weighted by Crippen LogP contribution is 2.19. The Labute approximate surface area is 138 Å². The van der Waals surface area contributed by atoms with Gasteiger partial charge in [0.2, 0.25) is 5.91 Å². The third-order valence-corrected chi connectivity index (χ3v) is 2.88. The molecule has 0 aromatic heterocycles. The van der Waals surface area contributed by atoms with Gasteiger partial charge in [-0.15, -0.1) is 0 Å². The number of hydrogen-bond acceptors (Lipinski definition) is 6. The number of amides is 2. The van der Waals surface area contributed by atoms with E-state index in [0.717, 1.165) is 0 Å². The van der Waals surface area contributed by atoms with Gasteiger partial charge in [-0.05, 0) is 23.6 Å². The second kappa shape index (κ2) is 10.8. The van der Waals surface area contributed by atoms with E-state index in [1.807, 2.05) is 0 Å². The van der Waals surface area contributed by atoms with Crippen LogP contribution in [0.3, 0.4) is 0 Å². The van der Waals surface area contributed by atoms with Gasteiger partial charge in [-0.2, -0.15) is 0 Å². The fraction of sp³-hybridized carbons (Fsp3) is 0.429. The highest BCUT2D eigenvalue weighted by molar-refractivity contribution is 5.95. The number of benzene rings is 1. The maximum Gasteiger partial charge on any atom is 0.404 e. The summed E-state index contributed by atoms with van der Waals surface area (Å²) < 4.78 is 15.0. The van der Waals surface area contributed by atoms with Crippen LogP contribution < -0.4 is 11.5 Å². The predicted octanol–water partition coefficient (Wildman–Crippen LogP) is 1.40. The lowest BCUT2D eigenvalue weighted by Crippen LogP contribution is -2.17. The molecule has 0 aliphatic heterocycles. The molecule has 0 bridgehead atoms. The normalized spacial score (nSPS) is 10.0. The Morgan fingerprint density at radius 2 is 1.75 bits per heavy atom. The van der Waals surface area contributed by atoms with Crippen molar-refractivity contribution in [2.75, 3.05) is 33.0 Å². The Kier molecular flexibility index (Phi) is 8.69.